The second-order valence-electron chi connectivity index (χ2n) is 6.44. The number of hydrogen-bond acceptors (Lipinski definition) is 3. The van der Waals surface area contributed by atoms with Gasteiger partial charge in [-0.2, -0.15) is 0 Å². The summed E-state index contributed by atoms with van der Waals surface area (Å²) in [7, 11) is 0. The van der Waals surface area contributed by atoms with E-state index in [9.17, 15) is 4.79 Å². The lowest BCUT2D eigenvalue weighted by Gasteiger charge is -2.29. The standard InChI is InChI=1S/C18H24ClNO3/c19-17-3-1-14(2-4-17)11-15-12-20(7-10-23-13-15)18(21)16-5-8-22-9-6-16/h1-4,15-16H,5-13H2. The van der Waals surface area contributed by atoms with E-state index in [1.165, 1.54) is 5.56 Å². The van der Waals surface area contributed by atoms with Gasteiger partial charge in [-0.1, -0.05) is 23.7 Å². The molecule has 1 atom stereocenters. The van der Waals surface area contributed by atoms with Gasteiger partial charge >= 0.3 is 0 Å². The molecule has 126 valence electrons. The Labute approximate surface area is 142 Å². The summed E-state index contributed by atoms with van der Waals surface area (Å²) in [5, 5.41) is 0.752. The monoisotopic (exact) mass is 337 g/mol. The van der Waals surface area contributed by atoms with Crippen molar-refractivity contribution in [1.29, 1.82) is 0 Å². The summed E-state index contributed by atoms with van der Waals surface area (Å²) in [5.74, 6) is 0.736. The van der Waals surface area contributed by atoms with Gasteiger partial charge in [-0.3, -0.25) is 4.79 Å². The third-order valence-electron chi connectivity index (χ3n) is 4.66. The molecular weight excluding hydrogens is 314 g/mol. The highest BCUT2D eigenvalue weighted by molar-refractivity contribution is 6.30. The summed E-state index contributed by atoms with van der Waals surface area (Å²) in [5.41, 5.74) is 1.24. The Balaban J connectivity index is 1.61. The van der Waals surface area contributed by atoms with Crippen molar-refractivity contribution in [3.8, 4) is 0 Å². The predicted molar refractivity (Wildman–Crippen MR) is 89.6 cm³/mol. The lowest BCUT2D eigenvalue weighted by molar-refractivity contribution is -0.138. The van der Waals surface area contributed by atoms with Crippen molar-refractivity contribution in [3.63, 3.8) is 0 Å². The zero-order valence-corrected chi connectivity index (χ0v) is 14.1. The number of carbonyl (C=O) groups is 1. The van der Waals surface area contributed by atoms with E-state index in [-0.39, 0.29) is 11.8 Å². The molecule has 2 aliphatic rings. The van der Waals surface area contributed by atoms with Crippen LogP contribution in [0.1, 0.15) is 18.4 Å². The zero-order valence-electron chi connectivity index (χ0n) is 13.4. The minimum absolute atomic E-state index is 0.123. The maximum Gasteiger partial charge on any atom is 0.225 e. The summed E-state index contributed by atoms with van der Waals surface area (Å²) in [4.78, 5) is 14.7. The molecular formula is C18H24ClNO3. The van der Waals surface area contributed by atoms with E-state index < -0.39 is 0 Å². The van der Waals surface area contributed by atoms with E-state index in [0.717, 1.165) is 30.8 Å². The molecule has 2 saturated heterocycles. The number of nitrogens with zero attached hydrogens (tertiary/aromatic N) is 1. The topological polar surface area (TPSA) is 38.8 Å². The number of rotatable bonds is 3. The minimum atomic E-state index is 0.123. The Morgan fingerprint density at radius 3 is 2.61 bits per heavy atom. The van der Waals surface area contributed by atoms with Crippen molar-refractivity contribution >= 4 is 17.5 Å². The molecule has 3 rings (SSSR count). The average molecular weight is 338 g/mol. The smallest absolute Gasteiger partial charge is 0.225 e. The zero-order chi connectivity index (χ0) is 16.1. The largest absolute Gasteiger partial charge is 0.381 e. The van der Waals surface area contributed by atoms with Crippen molar-refractivity contribution < 1.29 is 14.3 Å². The second-order valence-corrected chi connectivity index (χ2v) is 6.88. The van der Waals surface area contributed by atoms with Crippen molar-refractivity contribution in [2.75, 3.05) is 39.5 Å². The number of ether oxygens (including phenoxy) is 2. The molecule has 0 spiro atoms. The summed E-state index contributed by atoms with van der Waals surface area (Å²) in [6.07, 6.45) is 2.60. The third-order valence-corrected chi connectivity index (χ3v) is 4.91. The first-order valence-electron chi connectivity index (χ1n) is 8.41. The molecule has 0 bridgehead atoms. The van der Waals surface area contributed by atoms with Crippen molar-refractivity contribution in [2.24, 2.45) is 11.8 Å². The van der Waals surface area contributed by atoms with Crippen LogP contribution in [0, 0.1) is 11.8 Å². The van der Waals surface area contributed by atoms with E-state index in [4.69, 9.17) is 21.1 Å². The van der Waals surface area contributed by atoms with Gasteiger partial charge in [-0.05, 0) is 37.0 Å². The van der Waals surface area contributed by atoms with Gasteiger partial charge in [0.1, 0.15) is 0 Å². The van der Waals surface area contributed by atoms with Crippen LogP contribution in [0.5, 0.6) is 0 Å². The molecule has 0 N–H and O–H groups in total. The molecule has 0 radical (unpaired) electrons. The van der Waals surface area contributed by atoms with Crippen LogP contribution >= 0.6 is 11.6 Å². The van der Waals surface area contributed by atoms with Gasteiger partial charge in [-0.25, -0.2) is 0 Å². The Bertz CT molecular complexity index is 514. The van der Waals surface area contributed by atoms with Crippen molar-refractivity contribution in [2.45, 2.75) is 19.3 Å². The average Bonchev–Trinajstić information content (AvgIpc) is 2.83. The van der Waals surface area contributed by atoms with Crippen LogP contribution in [0.25, 0.3) is 0 Å². The molecule has 1 amide bonds. The first-order valence-corrected chi connectivity index (χ1v) is 8.79. The Morgan fingerprint density at radius 1 is 1.13 bits per heavy atom. The van der Waals surface area contributed by atoms with E-state index >= 15 is 0 Å². The third kappa shape index (κ3) is 4.69. The molecule has 2 aliphatic heterocycles. The fourth-order valence-electron chi connectivity index (χ4n) is 3.36. The Morgan fingerprint density at radius 2 is 1.87 bits per heavy atom. The van der Waals surface area contributed by atoms with E-state index in [1.54, 1.807) is 0 Å². The fourth-order valence-corrected chi connectivity index (χ4v) is 3.49. The highest BCUT2D eigenvalue weighted by Gasteiger charge is 2.29. The molecule has 5 heteroatoms. The highest BCUT2D eigenvalue weighted by Crippen LogP contribution is 2.21. The Hall–Kier alpha value is -1.10. The van der Waals surface area contributed by atoms with E-state index in [2.05, 4.69) is 12.1 Å². The SMILES string of the molecule is O=C(C1CCOCC1)N1CCOCC(Cc2ccc(Cl)cc2)C1. The molecule has 0 aliphatic carbocycles. The normalized spacial score (nSPS) is 23.5. The molecule has 1 aromatic rings. The van der Waals surface area contributed by atoms with Crippen LogP contribution in [0.4, 0.5) is 0 Å². The molecule has 1 aromatic carbocycles. The summed E-state index contributed by atoms with van der Waals surface area (Å²) >= 11 is 5.94. The maximum atomic E-state index is 12.7. The summed E-state index contributed by atoms with van der Waals surface area (Å²) < 4.78 is 11.1. The van der Waals surface area contributed by atoms with E-state index in [1.807, 2.05) is 17.0 Å². The van der Waals surface area contributed by atoms with Gasteiger partial charge in [-0.15, -0.1) is 0 Å². The second kappa shape index (κ2) is 8.13. The molecule has 2 fully saturated rings. The van der Waals surface area contributed by atoms with Gasteiger partial charge in [0.2, 0.25) is 5.91 Å². The summed E-state index contributed by atoms with van der Waals surface area (Å²) in [6, 6.07) is 7.94. The molecule has 4 nitrogen and oxygen atoms in total. The first-order chi connectivity index (χ1) is 11.2. The number of amides is 1. The lowest BCUT2D eigenvalue weighted by atomic mass is 9.96. The van der Waals surface area contributed by atoms with Crippen molar-refractivity contribution in [3.05, 3.63) is 34.9 Å². The van der Waals surface area contributed by atoms with Crippen LogP contribution in [-0.2, 0) is 20.7 Å². The molecule has 2 heterocycles. The van der Waals surface area contributed by atoms with Crippen LogP contribution in [0.15, 0.2) is 24.3 Å². The van der Waals surface area contributed by atoms with Crippen LogP contribution in [-0.4, -0.2) is 50.3 Å². The van der Waals surface area contributed by atoms with Crippen LogP contribution < -0.4 is 0 Å². The minimum Gasteiger partial charge on any atom is -0.381 e. The molecule has 1 unspecified atom stereocenters. The number of benzene rings is 1. The summed E-state index contributed by atoms with van der Waals surface area (Å²) in [6.45, 7) is 4.22. The molecule has 0 saturated carbocycles. The van der Waals surface area contributed by atoms with Gasteiger partial charge in [0, 0.05) is 43.2 Å². The van der Waals surface area contributed by atoms with Gasteiger partial charge < -0.3 is 14.4 Å². The maximum absolute atomic E-state index is 12.7. The first kappa shape index (κ1) is 16.7. The highest BCUT2D eigenvalue weighted by atomic mass is 35.5. The van der Waals surface area contributed by atoms with Gasteiger partial charge in [0.25, 0.3) is 0 Å². The van der Waals surface area contributed by atoms with Crippen LogP contribution in [0.2, 0.25) is 5.02 Å². The number of carbonyl (C=O) groups excluding carboxylic acids is 1. The Kier molecular flexibility index (Phi) is 5.92. The van der Waals surface area contributed by atoms with Crippen molar-refractivity contribution in [1.82, 2.24) is 4.90 Å². The quantitative estimate of drug-likeness (QED) is 0.851. The molecule has 23 heavy (non-hydrogen) atoms. The number of hydrogen-bond donors (Lipinski definition) is 0. The number of halogens is 1. The fraction of sp³-hybridized carbons (Fsp3) is 0.611. The van der Waals surface area contributed by atoms with E-state index in [0.29, 0.717) is 38.9 Å². The molecule has 0 aromatic heterocycles. The van der Waals surface area contributed by atoms with Crippen LogP contribution in [0.3, 0.4) is 0 Å². The van der Waals surface area contributed by atoms with Gasteiger partial charge in [0.15, 0.2) is 0 Å². The lowest BCUT2D eigenvalue weighted by Crippen LogP contribution is -2.41. The van der Waals surface area contributed by atoms with Gasteiger partial charge in [0.05, 0.1) is 13.2 Å². The predicted octanol–water partition coefficient (Wildman–Crippen LogP) is 2.78.